The van der Waals surface area contributed by atoms with E-state index >= 15 is 0 Å². The summed E-state index contributed by atoms with van der Waals surface area (Å²) < 4.78 is 4.68. The van der Waals surface area contributed by atoms with Crippen LogP contribution in [0.4, 0.5) is 0 Å². The maximum Gasteiger partial charge on any atom is 0.313 e. The number of benzene rings is 1. The molecule has 0 saturated heterocycles. The summed E-state index contributed by atoms with van der Waals surface area (Å²) in [5, 5.41) is 3.13. The van der Waals surface area contributed by atoms with Gasteiger partial charge in [0.15, 0.2) is 0 Å². The fourth-order valence-electron chi connectivity index (χ4n) is 1.57. The van der Waals surface area contributed by atoms with Crippen LogP contribution in [-0.2, 0) is 9.53 Å². The molecule has 1 rings (SSSR count). The second-order valence-electron chi connectivity index (χ2n) is 4.99. The number of amides is 1. The smallest absolute Gasteiger partial charge is 0.313 e. The van der Waals surface area contributed by atoms with Crippen molar-refractivity contribution in [2.75, 3.05) is 13.7 Å². The van der Waals surface area contributed by atoms with Crippen LogP contribution >= 0.6 is 11.6 Å². The Morgan fingerprint density at radius 3 is 2.58 bits per heavy atom. The minimum Gasteiger partial charge on any atom is -0.469 e. The molecule has 0 fully saturated rings. The standard InChI is InChI=1S/C14H18ClNO3/c1-9-6-5-7-10(11(9)15)12(17)16-8-14(2,3)13(18)19-4/h5-7H,8H2,1-4H3,(H,16,17). The van der Waals surface area contributed by atoms with Crippen LogP contribution in [0.2, 0.25) is 5.02 Å². The summed E-state index contributed by atoms with van der Waals surface area (Å²) in [6, 6.07) is 5.24. The molecule has 5 heteroatoms. The Bertz CT molecular complexity index is 497. The van der Waals surface area contributed by atoms with Crippen molar-refractivity contribution in [2.24, 2.45) is 5.41 Å². The van der Waals surface area contributed by atoms with Crippen LogP contribution in [0.5, 0.6) is 0 Å². The van der Waals surface area contributed by atoms with E-state index in [1.807, 2.05) is 13.0 Å². The van der Waals surface area contributed by atoms with Crippen LogP contribution in [0, 0.1) is 12.3 Å². The molecule has 0 bridgehead atoms. The highest BCUT2D eigenvalue weighted by Gasteiger charge is 2.29. The van der Waals surface area contributed by atoms with Crippen LogP contribution in [-0.4, -0.2) is 25.5 Å². The van der Waals surface area contributed by atoms with Gasteiger partial charge in [-0.25, -0.2) is 0 Å². The summed E-state index contributed by atoms with van der Waals surface area (Å²) in [5.41, 5.74) is 0.463. The number of methoxy groups -OCH3 is 1. The average molecular weight is 284 g/mol. The van der Waals surface area contributed by atoms with Crippen molar-refractivity contribution < 1.29 is 14.3 Å². The summed E-state index contributed by atoms with van der Waals surface area (Å²) in [6.07, 6.45) is 0. The summed E-state index contributed by atoms with van der Waals surface area (Å²) in [4.78, 5) is 23.5. The number of halogens is 1. The SMILES string of the molecule is COC(=O)C(C)(C)CNC(=O)c1cccc(C)c1Cl. The van der Waals surface area contributed by atoms with Crippen molar-refractivity contribution >= 4 is 23.5 Å². The predicted molar refractivity (Wildman–Crippen MR) is 74.3 cm³/mol. The van der Waals surface area contributed by atoms with Crippen LogP contribution < -0.4 is 5.32 Å². The second kappa shape index (κ2) is 6.06. The Morgan fingerprint density at radius 1 is 1.37 bits per heavy atom. The fourth-order valence-corrected chi connectivity index (χ4v) is 1.78. The maximum absolute atomic E-state index is 12.0. The number of aryl methyl sites for hydroxylation is 1. The van der Waals surface area contributed by atoms with E-state index in [-0.39, 0.29) is 18.4 Å². The molecule has 1 aromatic carbocycles. The lowest BCUT2D eigenvalue weighted by Gasteiger charge is -2.21. The molecule has 0 heterocycles. The molecule has 4 nitrogen and oxygen atoms in total. The normalized spacial score (nSPS) is 11.0. The number of rotatable bonds is 4. The molecule has 0 aliphatic heterocycles. The van der Waals surface area contributed by atoms with Gasteiger partial charge in [0.05, 0.1) is 23.1 Å². The van der Waals surface area contributed by atoms with Crippen LogP contribution in [0.25, 0.3) is 0 Å². The molecule has 0 spiro atoms. The molecule has 1 aromatic rings. The molecule has 104 valence electrons. The first-order valence-corrected chi connectivity index (χ1v) is 6.29. The quantitative estimate of drug-likeness (QED) is 0.864. The fraction of sp³-hybridized carbons (Fsp3) is 0.429. The zero-order valence-electron chi connectivity index (χ0n) is 11.5. The number of hydrogen-bond acceptors (Lipinski definition) is 3. The second-order valence-corrected chi connectivity index (χ2v) is 5.37. The van der Waals surface area contributed by atoms with Gasteiger partial charge in [-0.05, 0) is 32.4 Å². The lowest BCUT2D eigenvalue weighted by Crippen LogP contribution is -2.39. The predicted octanol–water partition coefficient (Wildman–Crippen LogP) is 2.58. The first-order valence-electron chi connectivity index (χ1n) is 5.91. The number of esters is 1. The van der Waals surface area contributed by atoms with E-state index in [9.17, 15) is 9.59 Å². The number of hydrogen-bond donors (Lipinski definition) is 1. The van der Waals surface area contributed by atoms with E-state index in [1.54, 1.807) is 26.0 Å². The number of carbonyl (C=O) groups is 2. The Kier molecular flexibility index (Phi) is 4.95. The van der Waals surface area contributed by atoms with E-state index < -0.39 is 5.41 Å². The molecule has 0 aliphatic rings. The molecule has 0 aromatic heterocycles. The van der Waals surface area contributed by atoms with Crippen molar-refractivity contribution in [1.82, 2.24) is 5.32 Å². The van der Waals surface area contributed by atoms with E-state index in [2.05, 4.69) is 10.1 Å². The van der Waals surface area contributed by atoms with Gasteiger partial charge in [0.25, 0.3) is 5.91 Å². The highest BCUT2D eigenvalue weighted by atomic mass is 35.5. The van der Waals surface area contributed by atoms with Crippen molar-refractivity contribution in [1.29, 1.82) is 0 Å². The van der Waals surface area contributed by atoms with Crippen molar-refractivity contribution in [2.45, 2.75) is 20.8 Å². The van der Waals surface area contributed by atoms with Gasteiger partial charge in [-0.15, -0.1) is 0 Å². The molecule has 19 heavy (non-hydrogen) atoms. The third-order valence-electron chi connectivity index (χ3n) is 2.87. The molecule has 1 N–H and O–H groups in total. The van der Waals surface area contributed by atoms with Gasteiger partial charge < -0.3 is 10.1 Å². The Labute approximate surface area is 118 Å². The summed E-state index contributed by atoms with van der Waals surface area (Å²) in [5.74, 6) is -0.672. The largest absolute Gasteiger partial charge is 0.469 e. The molecule has 1 amide bonds. The first kappa shape index (κ1) is 15.5. The van der Waals surface area contributed by atoms with Crippen LogP contribution in [0.1, 0.15) is 29.8 Å². The van der Waals surface area contributed by atoms with E-state index in [4.69, 9.17) is 11.6 Å². The van der Waals surface area contributed by atoms with Crippen molar-refractivity contribution in [3.05, 3.63) is 34.3 Å². The summed E-state index contributed by atoms with van der Waals surface area (Å²) in [7, 11) is 1.32. The lowest BCUT2D eigenvalue weighted by molar-refractivity contribution is -0.150. The Hall–Kier alpha value is -1.55. The first-order chi connectivity index (χ1) is 8.79. The summed E-state index contributed by atoms with van der Waals surface area (Å²) in [6.45, 7) is 5.42. The molecule has 0 radical (unpaired) electrons. The van der Waals surface area contributed by atoms with E-state index in [0.717, 1.165) is 5.56 Å². The number of carbonyl (C=O) groups excluding carboxylic acids is 2. The average Bonchev–Trinajstić information content (AvgIpc) is 2.38. The van der Waals surface area contributed by atoms with Gasteiger partial charge in [-0.3, -0.25) is 9.59 Å². The minimum atomic E-state index is -0.777. The maximum atomic E-state index is 12.0. The van der Waals surface area contributed by atoms with Crippen molar-refractivity contribution in [3.63, 3.8) is 0 Å². The van der Waals surface area contributed by atoms with Gasteiger partial charge in [0.1, 0.15) is 0 Å². The third kappa shape index (κ3) is 3.70. The van der Waals surface area contributed by atoms with Crippen LogP contribution in [0.3, 0.4) is 0 Å². The van der Waals surface area contributed by atoms with Gasteiger partial charge in [0, 0.05) is 6.54 Å². The van der Waals surface area contributed by atoms with E-state index in [0.29, 0.717) is 10.6 Å². The monoisotopic (exact) mass is 283 g/mol. The molecule has 0 unspecified atom stereocenters. The highest BCUT2D eigenvalue weighted by Crippen LogP contribution is 2.21. The summed E-state index contributed by atoms with van der Waals surface area (Å²) >= 11 is 6.08. The molecular weight excluding hydrogens is 266 g/mol. The highest BCUT2D eigenvalue weighted by molar-refractivity contribution is 6.34. The van der Waals surface area contributed by atoms with Gasteiger partial charge in [-0.2, -0.15) is 0 Å². The van der Waals surface area contributed by atoms with E-state index in [1.165, 1.54) is 7.11 Å². The van der Waals surface area contributed by atoms with Gasteiger partial charge >= 0.3 is 5.97 Å². The zero-order chi connectivity index (χ0) is 14.6. The molecule has 0 aliphatic carbocycles. The zero-order valence-corrected chi connectivity index (χ0v) is 12.3. The number of ether oxygens (including phenoxy) is 1. The van der Waals surface area contributed by atoms with Crippen LogP contribution in [0.15, 0.2) is 18.2 Å². The molecule has 0 atom stereocenters. The van der Waals surface area contributed by atoms with Crippen molar-refractivity contribution in [3.8, 4) is 0 Å². The minimum absolute atomic E-state index is 0.183. The molecule has 0 saturated carbocycles. The topological polar surface area (TPSA) is 55.4 Å². The third-order valence-corrected chi connectivity index (χ3v) is 3.37. The van der Waals surface area contributed by atoms with Gasteiger partial charge in [0.2, 0.25) is 0 Å². The Morgan fingerprint density at radius 2 is 2.00 bits per heavy atom. The Balaban J connectivity index is 2.76. The number of nitrogens with one attached hydrogen (secondary N) is 1. The lowest BCUT2D eigenvalue weighted by atomic mass is 9.93. The molecular formula is C14H18ClNO3. The van der Waals surface area contributed by atoms with Gasteiger partial charge in [-0.1, -0.05) is 23.7 Å².